The van der Waals surface area contributed by atoms with Crippen molar-refractivity contribution in [3.05, 3.63) is 0 Å². The Morgan fingerprint density at radius 2 is 2.06 bits per heavy atom. The first kappa shape index (κ1) is 13.9. The van der Waals surface area contributed by atoms with Crippen LogP contribution in [0.1, 0.15) is 45.4 Å². The van der Waals surface area contributed by atoms with Gasteiger partial charge in [-0.25, -0.2) is 0 Å². The highest BCUT2D eigenvalue weighted by molar-refractivity contribution is 4.79. The van der Waals surface area contributed by atoms with Gasteiger partial charge in [-0.2, -0.15) is 0 Å². The molecule has 2 unspecified atom stereocenters. The number of hydrogen-bond donors (Lipinski definition) is 1. The molecule has 3 heteroatoms. The van der Waals surface area contributed by atoms with Crippen LogP contribution in [0.25, 0.3) is 0 Å². The Hall–Kier alpha value is -0.120. The lowest BCUT2D eigenvalue weighted by molar-refractivity contribution is -0.0335. The predicted molar refractivity (Wildman–Crippen MR) is 68.6 cm³/mol. The Kier molecular flexibility index (Phi) is 7.01. The molecule has 0 radical (unpaired) electrons. The zero-order valence-electron chi connectivity index (χ0n) is 11.0. The van der Waals surface area contributed by atoms with E-state index in [1.165, 1.54) is 32.1 Å². The predicted octanol–water partition coefficient (Wildman–Crippen LogP) is 2.00. The zero-order valence-corrected chi connectivity index (χ0v) is 11.0. The zero-order chi connectivity index (χ0) is 11.8. The van der Waals surface area contributed by atoms with Gasteiger partial charge in [0.2, 0.25) is 0 Å². The molecule has 0 bridgehead atoms. The van der Waals surface area contributed by atoms with E-state index in [1.54, 1.807) is 0 Å². The molecular formula is C13H28N2O. The van der Waals surface area contributed by atoms with E-state index in [1.807, 2.05) is 0 Å². The summed E-state index contributed by atoms with van der Waals surface area (Å²) in [7, 11) is 2.14. The molecule has 0 aliphatic carbocycles. The van der Waals surface area contributed by atoms with Gasteiger partial charge in [0.25, 0.3) is 0 Å². The van der Waals surface area contributed by atoms with Crippen LogP contribution >= 0.6 is 0 Å². The van der Waals surface area contributed by atoms with E-state index in [4.69, 9.17) is 10.5 Å². The minimum Gasteiger partial charge on any atom is -0.374 e. The highest BCUT2D eigenvalue weighted by Gasteiger charge is 2.23. The van der Waals surface area contributed by atoms with E-state index in [0.29, 0.717) is 0 Å². The van der Waals surface area contributed by atoms with Crippen molar-refractivity contribution in [2.75, 3.05) is 26.7 Å². The third-order valence-corrected chi connectivity index (χ3v) is 3.42. The summed E-state index contributed by atoms with van der Waals surface area (Å²) in [6, 6.07) is 0.226. The van der Waals surface area contributed by atoms with Crippen LogP contribution in [0.3, 0.4) is 0 Å². The first-order valence-corrected chi connectivity index (χ1v) is 6.79. The Labute approximate surface area is 100 Å². The van der Waals surface area contributed by atoms with Gasteiger partial charge >= 0.3 is 0 Å². The monoisotopic (exact) mass is 228 g/mol. The van der Waals surface area contributed by atoms with E-state index in [9.17, 15) is 0 Å². The number of likely N-dealkylation sites (N-methyl/N-ethyl adjacent to an activating group) is 1. The van der Waals surface area contributed by atoms with Crippen LogP contribution in [0.5, 0.6) is 0 Å². The van der Waals surface area contributed by atoms with Gasteiger partial charge in [0.15, 0.2) is 0 Å². The molecule has 96 valence electrons. The molecule has 2 atom stereocenters. The normalized spacial score (nSPS) is 24.6. The third-order valence-electron chi connectivity index (χ3n) is 3.42. The second-order valence-electron chi connectivity index (χ2n) is 5.04. The second kappa shape index (κ2) is 8.04. The van der Waals surface area contributed by atoms with Gasteiger partial charge < -0.3 is 15.4 Å². The Morgan fingerprint density at radius 1 is 1.31 bits per heavy atom. The van der Waals surface area contributed by atoms with Gasteiger partial charge in [0.05, 0.1) is 12.7 Å². The molecule has 0 aromatic rings. The van der Waals surface area contributed by atoms with Crippen LogP contribution in [0, 0.1) is 0 Å². The quantitative estimate of drug-likeness (QED) is 0.677. The van der Waals surface area contributed by atoms with Crippen molar-refractivity contribution in [1.82, 2.24) is 4.90 Å². The average Bonchev–Trinajstić information content (AvgIpc) is 2.28. The molecule has 1 saturated heterocycles. The Morgan fingerprint density at radius 3 is 2.75 bits per heavy atom. The van der Waals surface area contributed by atoms with Crippen LogP contribution in [0.4, 0.5) is 0 Å². The van der Waals surface area contributed by atoms with E-state index < -0.39 is 0 Å². The van der Waals surface area contributed by atoms with Crippen molar-refractivity contribution in [3.8, 4) is 0 Å². The van der Waals surface area contributed by atoms with E-state index >= 15 is 0 Å². The largest absolute Gasteiger partial charge is 0.374 e. The summed E-state index contributed by atoms with van der Waals surface area (Å²) in [6.45, 7) is 5.12. The Bertz CT molecular complexity index is 175. The van der Waals surface area contributed by atoms with Crippen LogP contribution < -0.4 is 5.73 Å². The molecule has 0 spiro atoms. The fourth-order valence-electron chi connectivity index (χ4n) is 2.24. The van der Waals surface area contributed by atoms with Crippen LogP contribution in [-0.4, -0.2) is 43.8 Å². The van der Waals surface area contributed by atoms with Crippen molar-refractivity contribution >= 4 is 0 Å². The summed E-state index contributed by atoms with van der Waals surface area (Å²) in [5.41, 5.74) is 6.17. The van der Waals surface area contributed by atoms with Crippen molar-refractivity contribution < 1.29 is 4.74 Å². The first-order chi connectivity index (χ1) is 7.74. The minimum absolute atomic E-state index is 0.226. The lowest BCUT2D eigenvalue weighted by Crippen LogP contribution is -2.49. The van der Waals surface area contributed by atoms with Gasteiger partial charge in [-0.1, -0.05) is 39.0 Å². The van der Waals surface area contributed by atoms with Crippen molar-refractivity contribution in [2.24, 2.45) is 5.73 Å². The maximum absolute atomic E-state index is 6.17. The van der Waals surface area contributed by atoms with E-state index in [-0.39, 0.29) is 12.1 Å². The van der Waals surface area contributed by atoms with Crippen molar-refractivity contribution in [2.45, 2.75) is 57.6 Å². The lowest BCUT2D eigenvalue weighted by Gasteiger charge is -2.33. The SMILES string of the molecule is CCCCCCCC(N)C1CN(C)CCO1. The minimum atomic E-state index is 0.226. The molecule has 2 N–H and O–H groups in total. The van der Waals surface area contributed by atoms with Crippen LogP contribution in [0.2, 0.25) is 0 Å². The number of hydrogen-bond acceptors (Lipinski definition) is 3. The highest BCUT2D eigenvalue weighted by Crippen LogP contribution is 2.12. The molecule has 3 nitrogen and oxygen atoms in total. The summed E-state index contributed by atoms with van der Waals surface area (Å²) in [5, 5.41) is 0. The maximum atomic E-state index is 6.17. The number of morpholine rings is 1. The van der Waals surface area contributed by atoms with Gasteiger partial charge in [-0.3, -0.25) is 0 Å². The fourth-order valence-corrected chi connectivity index (χ4v) is 2.24. The molecule has 0 aromatic carbocycles. The highest BCUT2D eigenvalue weighted by atomic mass is 16.5. The second-order valence-corrected chi connectivity index (χ2v) is 5.04. The third kappa shape index (κ3) is 5.28. The molecule has 0 aromatic heterocycles. The first-order valence-electron chi connectivity index (χ1n) is 6.79. The number of rotatable bonds is 7. The van der Waals surface area contributed by atoms with Gasteiger partial charge in [-0.15, -0.1) is 0 Å². The average molecular weight is 228 g/mol. The molecule has 0 amide bonds. The smallest absolute Gasteiger partial charge is 0.0853 e. The van der Waals surface area contributed by atoms with E-state index in [2.05, 4.69) is 18.9 Å². The molecule has 1 rings (SSSR count). The number of nitrogens with two attached hydrogens (primary N) is 1. The molecule has 16 heavy (non-hydrogen) atoms. The fraction of sp³-hybridized carbons (Fsp3) is 1.00. The van der Waals surface area contributed by atoms with Crippen LogP contribution in [-0.2, 0) is 4.74 Å². The molecule has 1 aliphatic heterocycles. The lowest BCUT2D eigenvalue weighted by atomic mass is 10.0. The molecule has 1 heterocycles. The number of ether oxygens (including phenoxy) is 1. The van der Waals surface area contributed by atoms with Gasteiger partial charge in [0.1, 0.15) is 0 Å². The number of unbranched alkanes of at least 4 members (excludes halogenated alkanes) is 4. The Balaban J connectivity index is 2.06. The summed E-state index contributed by atoms with van der Waals surface area (Å²) < 4.78 is 5.72. The summed E-state index contributed by atoms with van der Waals surface area (Å²) in [6.07, 6.45) is 7.97. The summed E-state index contributed by atoms with van der Waals surface area (Å²) in [4.78, 5) is 2.31. The van der Waals surface area contributed by atoms with Gasteiger partial charge in [-0.05, 0) is 13.5 Å². The maximum Gasteiger partial charge on any atom is 0.0853 e. The van der Waals surface area contributed by atoms with Crippen LogP contribution in [0.15, 0.2) is 0 Å². The van der Waals surface area contributed by atoms with Crippen molar-refractivity contribution in [3.63, 3.8) is 0 Å². The molecule has 1 aliphatic rings. The summed E-state index contributed by atoms with van der Waals surface area (Å²) >= 11 is 0. The molecule has 1 fully saturated rings. The number of nitrogens with zero attached hydrogens (tertiary/aromatic N) is 1. The van der Waals surface area contributed by atoms with Crippen molar-refractivity contribution in [1.29, 1.82) is 0 Å². The van der Waals surface area contributed by atoms with Gasteiger partial charge in [0, 0.05) is 19.1 Å². The van der Waals surface area contributed by atoms with E-state index in [0.717, 1.165) is 26.1 Å². The molecule has 0 saturated carbocycles. The summed E-state index contributed by atoms with van der Waals surface area (Å²) in [5.74, 6) is 0. The molecular weight excluding hydrogens is 200 g/mol. The topological polar surface area (TPSA) is 38.5 Å². The standard InChI is InChI=1S/C13H28N2O/c1-3-4-5-6-7-8-12(14)13-11-15(2)9-10-16-13/h12-13H,3-11,14H2,1-2H3.